The topological polar surface area (TPSA) is 96.7 Å². The van der Waals surface area contributed by atoms with E-state index in [0.717, 1.165) is 80.1 Å². The summed E-state index contributed by atoms with van der Waals surface area (Å²) in [6.07, 6.45) is 3.42. The monoisotopic (exact) mass is 746 g/mol. The van der Waals surface area contributed by atoms with Gasteiger partial charge in [0.2, 0.25) is 6.79 Å². The zero-order valence-corrected chi connectivity index (χ0v) is 30.8. The number of hydrogen-bond donors (Lipinski definition) is 1. The van der Waals surface area contributed by atoms with Gasteiger partial charge in [-0.05, 0) is 91.4 Å². The molecule has 0 saturated carbocycles. The summed E-state index contributed by atoms with van der Waals surface area (Å²) in [5.74, 6) is 1.01. The van der Waals surface area contributed by atoms with Crippen molar-refractivity contribution in [2.24, 2.45) is 0 Å². The van der Waals surface area contributed by atoms with Crippen LogP contribution in [0.15, 0.2) is 97.1 Å². The van der Waals surface area contributed by atoms with Gasteiger partial charge in [-0.15, -0.1) is 12.4 Å². The Bertz CT molecular complexity index is 2170. The number of amides is 2. The smallest absolute Gasteiger partial charge is 0.264 e. The van der Waals surface area contributed by atoms with Crippen molar-refractivity contribution >= 4 is 35.6 Å². The SMILES string of the molecule is Cl.O=C(c1cc(-c2cc3c(cc2C(=O)N2Cc4ccccc4CC2CN2CCOCC2)OCO3)n2c1CCCC2)N(c1ccccc1)c1ccc(O)cc1. The minimum absolute atomic E-state index is 0. The van der Waals surface area contributed by atoms with Crippen molar-refractivity contribution in [1.29, 1.82) is 0 Å². The fraction of sp³-hybridized carbons (Fsp3) is 0.302. The van der Waals surface area contributed by atoms with Crippen LogP contribution in [0.1, 0.15) is 50.4 Å². The Morgan fingerprint density at radius 3 is 2.26 bits per heavy atom. The molecule has 0 radical (unpaired) electrons. The van der Waals surface area contributed by atoms with E-state index in [0.29, 0.717) is 48.1 Å². The van der Waals surface area contributed by atoms with E-state index in [1.807, 2.05) is 59.5 Å². The Morgan fingerprint density at radius 1 is 0.778 bits per heavy atom. The average Bonchev–Trinajstić information content (AvgIpc) is 3.83. The molecular weight excluding hydrogens is 704 g/mol. The third-order valence-corrected chi connectivity index (χ3v) is 11.0. The van der Waals surface area contributed by atoms with E-state index < -0.39 is 0 Å². The van der Waals surface area contributed by atoms with Crippen molar-refractivity contribution in [2.45, 2.75) is 44.8 Å². The summed E-state index contributed by atoms with van der Waals surface area (Å²) < 4.78 is 19.6. The number of halogens is 1. The largest absolute Gasteiger partial charge is 0.508 e. The molecule has 2 amide bonds. The number of anilines is 2. The van der Waals surface area contributed by atoms with Gasteiger partial charge in [-0.1, -0.05) is 42.5 Å². The van der Waals surface area contributed by atoms with Gasteiger partial charge in [0.1, 0.15) is 5.75 Å². The summed E-state index contributed by atoms with van der Waals surface area (Å²) in [5, 5.41) is 10.1. The predicted molar refractivity (Wildman–Crippen MR) is 208 cm³/mol. The highest BCUT2D eigenvalue weighted by Crippen LogP contribution is 2.43. The van der Waals surface area contributed by atoms with E-state index in [4.69, 9.17) is 14.2 Å². The molecule has 4 aliphatic rings. The number of para-hydroxylation sites is 1. The first-order valence-electron chi connectivity index (χ1n) is 18.5. The first-order valence-corrected chi connectivity index (χ1v) is 18.5. The van der Waals surface area contributed by atoms with Crippen molar-refractivity contribution < 1.29 is 28.9 Å². The maximum atomic E-state index is 15.2. The lowest BCUT2D eigenvalue weighted by atomic mass is 9.92. The van der Waals surface area contributed by atoms with Crippen LogP contribution < -0.4 is 14.4 Å². The Hall–Kier alpha value is -5.29. The van der Waals surface area contributed by atoms with Gasteiger partial charge >= 0.3 is 0 Å². The summed E-state index contributed by atoms with van der Waals surface area (Å²) in [6.45, 7) is 5.14. The van der Waals surface area contributed by atoms with Crippen molar-refractivity contribution in [3.05, 3.63) is 125 Å². The zero-order chi connectivity index (χ0) is 35.9. The van der Waals surface area contributed by atoms with Crippen LogP contribution in [0.2, 0.25) is 0 Å². The normalized spacial score (nSPS) is 17.6. The number of fused-ring (bicyclic) bond motifs is 3. The summed E-state index contributed by atoms with van der Waals surface area (Å²) in [6, 6.07) is 30.4. The second-order valence-electron chi connectivity index (χ2n) is 14.2. The number of phenols is 1. The Labute approximate surface area is 320 Å². The van der Waals surface area contributed by atoms with E-state index >= 15 is 4.79 Å². The number of benzene rings is 4. The second-order valence-corrected chi connectivity index (χ2v) is 14.2. The first kappa shape index (κ1) is 35.7. The van der Waals surface area contributed by atoms with Gasteiger partial charge < -0.3 is 28.8 Å². The Morgan fingerprint density at radius 2 is 1.48 bits per heavy atom. The number of aromatic hydroxyl groups is 1. The Balaban J connectivity index is 0.00000413. The van der Waals surface area contributed by atoms with Gasteiger partial charge in [-0.2, -0.15) is 0 Å². The fourth-order valence-corrected chi connectivity index (χ4v) is 8.32. The summed E-state index contributed by atoms with van der Waals surface area (Å²) in [5.41, 5.74) is 7.40. The standard InChI is InChI=1S/C43H42N4O6.ClH/c48-34-15-13-32(14-16-34)47(31-10-2-1-3-11-31)43(50)37-23-39(45-17-7-6-12-38(37)45)35-24-40-41(53-28-52-40)25-36(35)42(49)46-26-30-9-5-4-8-29(30)22-33(46)27-44-18-20-51-21-19-44;/h1-5,8-11,13-16,23-25,33,48H,6-7,12,17-22,26-28H2;1H. The van der Waals surface area contributed by atoms with E-state index in [1.54, 1.807) is 29.2 Å². The number of carbonyl (C=O) groups is 2. The lowest BCUT2D eigenvalue weighted by molar-refractivity contribution is 0.0193. The molecule has 4 aliphatic heterocycles. The number of aromatic nitrogens is 1. The van der Waals surface area contributed by atoms with E-state index in [-0.39, 0.29) is 42.8 Å². The van der Waals surface area contributed by atoms with Crippen molar-refractivity contribution in [3.63, 3.8) is 0 Å². The molecule has 9 rings (SSSR count). The summed E-state index contributed by atoms with van der Waals surface area (Å²) in [7, 11) is 0. The highest BCUT2D eigenvalue weighted by Gasteiger charge is 2.36. The van der Waals surface area contributed by atoms with E-state index in [9.17, 15) is 9.90 Å². The van der Waals surface area contributed by atoms with Crippen LogP contribution in [0.5, 0.6) is 17.2 Å². The molecule has 54 heavy (non-hydrogen) atoms. The number of nitrogens with zero attached hydrogens (tertiary/aromatic N) is 4. The van der Waals surface area contributed by atoms with E-state index in [2.05, 4.69) is 27.7 Å². The third-order valence-electron chi connectivity index (χ3n) is 11.0. The summed E-state index contributed by atoms with van der Waals surface area (Å²) >= 11 is 0. The van der Waals surface area contributed by atoms with Gasteiger partial charge in [0.25, 0.3) is 11.8 Å². The average molecular weight is 747 g/mol. The first-order chi connectivity index (χ1) is 26.0. The second kappa shape index (κ2) is 15.2. The van der Waals surface area contributed by atoms with Crippen molar-refractivity contribution in [3.8, 4) is 28.5 Å². The van der Waals surface area contributed by atoms with Crippen LogP contribution in [-0.2, 0) is 30.7 Å². The molecule has 1 atom stereocenters. The predicted octanol–water partition coefficient (Wildman–Crippen LogP) is 7.23. The number of morpholine rings is 1. The highest BCUT2D eigenvalue weighted by atomic mass is 35.5. The van der Waals surface area contributed by atoms with Crippen LogP contribution in [-0.4, -0.2) is 77.0 Å². The molecule has 0 bridgehead atoms. The Kier molecular flexibility index (Phi) is 10.1. The maximum absolute atomic E-state index is 15.2. The lowest BCUT2D eigenvalue weighted by Gasteiger charge is -2.40. The summed E-state index contributed by atoms with van der Waals surface area (Å²) in [4.78, 5) is 36.1. The van der Waals surface area contributed by atoms with Crippen molar-refractivity contribution in [2.75, 3.05) is 44.5 Å². The molecule has 1 fully saturated rings. The quantitative estimate of drug-likeness (QED) is 0.188. The van der Waals surface area contributed by atoms with Gasteiger partial charge in [-0.25, -0.2) is 0 Å². The minimum atomic E-state index is -0.175. The molecule has 11 heteroatoms. The number of ether oxygens (including phenoxy) is 3. The number of rotatable bonds is 7. The molecule has 5 aromatic rings. The molecule has 1 saturated heterocycles. The van der Waals surface area contributed by atoms with Crippen molar-refractivity contribution in [1.82, 2.24) is 14.4 Å². The number of hydrogen-bond acceptors (Lipinski definition) is 7. The molecule has 10 nitrogen and oxygen atoms in total. The minimum Gasteiger partial charge on any atom is -0.508 e. The fourth-order valence-electron chi connectivity index (χ4n) is 8.32. The van der Waals surface area contributed by atoms with Gasteiger partial charge in [-0.3, -0.25) is 19.4 Å². The maximum Gasteiger partial charge on any atom is 0.264 e. The zero-order valence-electron chi connectivity index (χ0n) is 30.0. The highest BCUT2D eigenvalue weighted by molar-refractivity contribution is 6.12. The van der Waals surface area contributed by atoms with Gasteiger partial charge in [0.05, 0.1) is 24.3 Å². The van der Waals surface area contributed by atoms with Crippen LogP contribution in [0.25, 0.3) is 11.3 Å². The molecule has 0 aliphatic carbocycles. The van der Waals surface area contributed by atoms with Gasteiger partial charge in [0, 0.05) is 67.1 Å². The number of phenolic OH excluding ortho intramolecular Hbond substituents is 1. The molecule has 4 aromatic carbocycles. The molecule has 1 aromatic heterocycles. The van der Waals surface area contributed by atoms with Crippen LogP contribution in [0.3, 0.4) is 0 Å². The molecule has 5 heterocycles. The third kappa shape index (κ3) is 6.70. The van der Waals surface area contributed by atoms with Crippen LogP contribution >= 0.6 is 12.4 Å². The molecule has 1 unspecified atom stereocenters. The molecular formula is C43H43ClN4O6. The van der Waals surface area contributed by atoms with Crippen LogP contribution in [0, 0.1) is 0 Å². The molecule has 278 valence electrons. The lowest BCUT2D eigenvalue weighted by Crippen LogP contribution is -2.52. The molecule has 0 spiro atoms. The van der Waals surface area contributed by atoms with Gasteiger partial charge in [0.15, 0.2) is 11.5 Å². The van der Waals surface area contributed by atoms with E-state index in [1.165, 1.54) is 5.56 Å². The number of carbonyl (C=O) groups excluding carboxylic acids is 2. The molecule has 1 N–H and O–H groups in total. The van der Waals surface area contributed by atoms with Crippen LogP contribution in [0.4, 0.5) is 11.4 Å².